The molecule has 218 valence electrons. The Morgan fingerprint density at radius 2 is 1.86 bits per heavy atom. The van der Waals surface area contributed by atoms with Crippen LogP contribution in [0, 0.1) is 19.3 Å². The van der Waals surface area contributed by atoms with Crippen molar-refractivity contribution >= 4 is 50.2 Å². The molecule has 5 rings (SSSR count). The van der Waals surface area contributed by atoms with Crippen molar-refractivity contribution < 1.29 is 19.5 Å². The molecule has 42 heavy (non-hydrogen) atoms. The Balaban J connectivity index is 1.47. The summed E-state index contributed by atoms with van der Waals surface area (Å²) in [5.41, 5.74) is 2.01. The van der Waals surface area contributed by atoms with Gasteiger partial charge in [0.15, 0.2) is 5.78 Å². The number of pyridine rings is 2. The van der Waals surface area contributed by atoms with Crippen molar-refractivity contribution in [3.63, 3.8) is 0 Å². The van der Waals surface area contributed by atoms with Crippen molar-refractivity contribution in [1.29, 1.82) is 0 Å². The summed E-state index contributed by atoms with van der Waals surface area (Å²) >= 11 is 3.33. The van der Waals surface area contributed by atoms with E-state index in [0.29, 0.717) is 38.4 Å². The summed E-state index contributed by atoms with van der Waals surface area (Å²) < 4.78 is 2.00. The molecule has 1 aliphatic heterocycles. The van der Waals surface area contributed by atoms with Gasteiger partial charge in [0.2, 0.25) is 11.8 Å². The van der Waals surface area contributed by atoms with E-state index < -0.39 is 23.4 Å². The SMILES string of the molecule is CC(=O)c1nn(CC(=O)N2[C@H](C(=O)Nc3nc(Br)ccc3C)C[C@@](C)(CO)[C@H]2C)c2cnc(-c3cnc(C)nc3)cc12. The number of aliphatic hydroxyl groups excluding tert-OH is 1. The maximum atomic E-state index is 13.9. The molecule has 3 atom stereocenters. The van der Waals surface area contributed by atoms with Crippen LogP contribution in [0.1, 0.15) is 49.1 Å². The number of anilines is 1. The summed E-state index contributed by atoms with van der Waals surface area (Å²) in [6, 6.07) is 4.02. The van der Waals surface area contributed by atoms with E-state index in [1.54, 1.807) is 37.6 Å². The van der Waals surface area contributed by atoms with Crippen LogP contribution in [0.2, 0.25) is 0 Å². The number of carbonyl (C=O) groups excluding carboxylic acids is 3. The third kappa shape index (κ3) is 5.41. The largest absolute Gasteiger partial charge is 0.396 e. The monoisotopic (exact) mass is 634 g/mol. The first-order valence-electron chi connectivity index (χ1n) is 13.4. The molecule has 0 saturated carbocycles. The number of nitrogens with one attached hydrogen (secondary N) is 1. The van der Waals surface area contributed by atoms with Crippen molar-refractivity contribution in [2.24, 2.45) is 5.41 Å². The highest BCUT2D eigenvalue weighted by atomic mass is 79.9. The lowest BCUT2D eigenvalue weighted by atomic mass is 9.83. The molecule has 12 nitrogen and oxygen atoms in total. The van der Waals surface area contributed by atoms with Gasteiger partial charge in [-0.3, -0.25) is 24.0 Å². The van der Waals surface area contributed by atoms with Crippen LogP contribution < -0.4 is 5.32 Å². The Kier molecular flexibility index (Phi) is 7.90. The van der Waals surface area contributed by atoms with Crippen molar-refractivity contribution in [2.45, 2.75) is 59.7 Å². The molecule has 0 bridgehead atoms. The zero-order chi connectivity index (χ0) is 30.3. The van der Waals surface area contributed by atoms with Crippen molar-refractivity contribution in [3.05, 3.63) is 58.5 Å². The number of fused-ring (bicyclic) bond motifs is 1. The first kappa shape index (κ1) is 29.4. The molecule has 2 N–H and O–H groups in total. The average molecular weight is 636 g/mol. The summed E-state index contributed by atoms with van der Waals surface area (Å²) in [6.45, 7) is 8.26. The van der Waals surface area contributed by atoms with Gasteiger partial charge in [-0.15, -0.1) is 0 Å². The minimum absolute atomic E-state index is 0.203. The Labute approximate surface area is 250 Å². The number of aryl methyl sites for hydroxylation is 2. The van der Waals surface area contributed by atoms with Gasteiger partial charge >= 0.3 is 0 Å². The van der Waals surface area contributed by atoms with Crippen LogP contribution in [0.15, 0.2) is 41.4 Å². The Bertz CT molecular complexity index is 1710. The molecule has 1 fully saturated rings. The van der Waals surface area contributed by atoms with Gasteiger partial charge in [0.05, 0.1) is 24.0 Å². The second kappa shape index (κ2) is 11.3. The number of Topliss-reactive ketones (excluding diaryl/α,β-unsaturated/α-hetero) is 1. The predicted octanol–water partition coefficient (Wildman–Crippen LogP) is 3.49. The number of carbonyl (C=O) groups is 3. The molecule has 0 aliphatic carbocycles. The Morgan fingerprint density at radius 3 is 2.52 bits per heavy atom. The van der Waals surface area contributed by atoms with Gasteiger partial charge in [-0.1, -0.05) is 13.0 Å². The number of likely N-dealkylation sites (tertiary alicyclic amines) is 1. The van der Waals surface area contributed by atoms with E-state index in [-0.39, 0.29) is 37.0 Å². The van der Waals surface area contributed by atoms with Gasteiger partial charge < -0.3 is 15.3 Å². The fourth-order valence-electron chi connectivity index (χ4n) is 5.30. The van der Waals surface area contributed by atoms with E-state index in [1.807, 2.05) is 26.8 Å². The van der Waals surface area contributed by atoms with Gasteiger partial charge in [0.1, 0.15) is 34.5 Å². The third-order valence-electron chi connectivity index (χ3n) is 8.01. The lowest BCUT2D eigenvalue weighted by molar-refractivity contribution is -0.139. The first-order chi connectivity index (χ1) is 19.9. The van der Waals surface area contributed by atoms with Crippen LogP contribution in [0.25, 0.3) is 22.2 Å². The Hall–Kier alpha value is -4.10. The van der Waals surface area contributed by atoms with Crippen LogP contribution in [-0.2, 0) is 16.1 Å². The number of amides is 2. The number of nitrogens with zero attached hydrogens (tertiary/aromatic N) is 7. The van der Waals surface area contributed by atoms with Crippen LogP contribution in [0.5, 0.6) is 0 Å². The number of aromatic nitrogens is 6. The normalized spacial score (nSPS) is 20.2. The standard InChI is InChI=1S/C29H31BrN8O4/c1-15-6-7-24(30)34-27(15)35-28(42)22-9-29(5,14-39)17(3)38(22)25(41)13-37-23-12-33-21(19-10-31-18(4)32-11-19)8-20(23)26(36-37)16(2)40/h6-8,10-12,17,22,39H,9,13-14H2,1-5H3,(H,34,35,42)/t17-,22+,29+/m1/s1. The molecule has 0 unspecified atom stereocenters. The van der Waals surface area contributed by atoms with E-state index >= 15 is 0 Å². The number of ketones is 1. The molecule has 0 aromatic carbocycles. The molecule has 1 aliphatic rings. The fourth-order valence-corrected chi connectivity index (χ4v) is 5.61. The Morgan fingerprint density at radius 1 is 1.14 bits per heavy atom. The zero-order valence-corrected chi connectivity index (χ0v) is 25.5. The minimum Gasteiger partial charge on any atom is -0.396 e. The minimum atomic E-state index is -0.856. The molecule has 1 saturated heterocycles. The molecule has 13 heteroatoms. The second-order valence-electron chi connectivity index (χ2n) is 11.0. The number of hydrogen-bond donors (Lipinski definition) is 2. The summed E-state index contributed by atoms with van der Waals surface area (Å²) in [6.07, 6.45) is 5.13. The number of hydrogen-bond acceptors (Lipinski definition) is 9. The zero-order valence-electron chi connectivity index (χ0n) is 23.9. The van der Waals surface area contributed by atoms with E-state index in [4.69, 9.17) is 0 Å². The highest BCUT2D eigenvalue weighted by Crippen LogP contribution is 2.41. The molecule has 4 aromatic heterocycles. The quantitative estimate of drug-likeness (QED) is 0.229. The van der Waals surface area contributed by atoms with E-state index in [1.165, 1.54) is 16.5 Å². The predicted molar refractivity (Wildman–Crippen MR) is 159 cm³/mol. The smallest absolute Gasteiger partial charge is 0.248 e. The molecular formula is C29H31BrN8O4. The highest BCUT2D eigenvalue weighted by Gasteiger charge is 2.51. The van der Waals surface area contributed by atoms with E-state index in [9.17, 15) is 19.5 Å². The molecule has 0 radical (unpaired) electrons. The summed E-state index contributed by atoms with van der Waals surface area (Å²) in [4.78, 5) is 58.8. The van der Waals surface area contributed by atoms with Crippen molar-refractivity contribution in [1.82, 2.24) is 34.6 Å². The van der Waals surface area contributed by atoms with Crippen molar-refractivity contribution in [2.75, 3.05) is 11.9 Å². The van der Waals surface area contributed by atoms with Gasteiger partial charge in [-0.2, -0.15) is 5.10 Å². The van der Waals surface area contributed by atoms with Gasteiger partial charge in [-0.25, -0.2) is 15.0 Å². The van der Waals surface area contributed by atoms with Crippen LogP contribution in [0.4, 0.5) is 5.82 Å². The van der Waals surface area contributed by atoms with Crippen LogP contribution in [-0.4, -0.2) is 76.0 Å². The molecule has 2 amide bonds. The molecule has 5 heterocycles. The van der Waals surface area contributed by atoms with E-state index in [0.717, 1.165) is 5.56 Å². The van der Waals surface area contributed by atoms with Crippen molar-refractivity contribution in [3.8, 4) is 11.3 Å². The number of halogens is 1. The molecule has 4 aromatic rings. The third-order valence-corrected chi connectivity index (χ3v) is 8.45. The highest BCUT2D eigenvalue weighted by molar-refractivity contribution is 9.10. The molecule has 0 spiro atoms. The summed E-state index contributed by atoms with van der Waals surface area (Å²) in [5, 5.41) is 18.1. The summed E-state index contributed by atoms with van der Waals surface area (Å²) in [5.74, 6) is -0.0344. The maximum absolute atomic E-state index is 13.9. The average Bonchev–Trinajstić information content (AvgIpc) is 3.45. The number of rotatable bonds is 7. The number of aliphatic hydroxyl groups is 1. The fraction of sp³-hybridized carbons (Fsp3) is 0.379. The topological polar surface area (TPSA) is 156 Å². The lowest BCUT2D eigenvalue weighted by Crippen LogP contribution is -2.48. The second-order valence-corrected chi connectivity index (χ2v) is 11.8. The molecular weight excluding hydrogens is 604 g/mol. The van der Waals surface area contributed by atoms with Gasteiger partial charge in [0, 0.05) is 41.7 Å². The summed E-state index contributed by atoms with van der Waals surface area (Å²) in [7, 11) is 0. The van der Waals surface area contributed by atoms with Gasteiger partial charge in [-0.05, 0) is 60.8 Å². The first-order valence-corrected chi connectivity index (χ1v) is 14.2. The van der Waals surface area contributed by atoms with Crippen LogP contribution in [0.3, 0.4) is 0 Å². The maximum Gasteiger partial charge on any atom is 0.248 e. The van der Waals surface area contributed by atoms with Gasteiger partial charge in [0.25, 0.3) is 0 Å². The van der Waals surface area contributed by atoms with Crippen LogP contribution >= 0.6 is 15.9 Å². The lowest BCUT2D eigenvalue weighted by Gasteiger charge is -2.32. The van der Waals surface area contributed by atoms with E-state index in [2.05, 4.69) is 46.3 Å².